The summed E-state index contributed by atoms with van der Waals surface area (Å²) in [6.45, 7) is 1.78. The van der Waals surface area contributed by atoms with Crippen molar-refractivity contribution < 1.29 is 0 Å². The number of para-hydroxylation sites is 1. The minimum absolute atomic E-state index is 0.237. The van der Waals surface area contributed by atoms with Gasteiger partial charge in [0, 0.05) is 5.69 Å². The van der Waals surface area contributed by atoms with Gasteiger partial charge >= 0.3 is 0 Å². The smallest absolute Gasteiger partial charge is 0.278 e. The zero-order valence-electron chi connectivity index (χ0n) is 9.69. The minimum atomic E-state index is -0.237. The molecule has 0 spiro atoms. The van der Waals surface area contributed by atoms with Crippen molar-refractivity contribution in [1.29, 1.82) is 0 Å². The summed E-state index contributed by atoms with van der Waals surface area (Å²) in [6.07, 6.45) is 0. The maximum absolute atomic E-state index is 11.8. The van der Waals surface area contributed by atoms with Crippen molar-refractivity contribution in [1.82, 2.24) is 19.9 Å². The predicted octanol–water partition coefficient (Wildman–Crippen LogP) is 1.70. The molecule has 0 fully saturated rings. The third-order valence-corrected chi connectivity index (χ3v) is 2.52. The first-order valence-electron chi connectivity index (χ1n) is 5.51. The van der Waals surface area contributed by atoms with Gasteiger partial charge in [-0.1, -0.05) is 18.2 Å². The van der Waals surface area contributed by atoms with Gasteiger partial charge in [-0.05, 0) is 19.1 Å². The van der Waals surface area contributed by atoms with Gasteiger partial charge in [-0.2, -0.15) is 4.98 Å². The van der Waals surface area contributed by atoms with Crippen LogP contribution in [-0.4, -0.2) is 19.9 Å². The van der Waals surface area contributed by atoms with E-state index in [0.29, 0.717) is 22.9 Å². The largest absolute Gasteiger partial charge is 0.336 e. The number of aromatic nitrogens is 4. The number of H-pyrrole nitrogens is 2. The van der Waals surface area contributed by atoms with E-state index in [1.807, 2.05) is 30.3 Å². The number of nitrogens with one attached hydrogen (secondary N) is 3. The van der Waals surface area contributed by atoms with E-state index in [9.17, 15) is 4.79 Å². The number of aromatic amines is 2. The Hall–Kier alpha value is -2.63. The standard InChI is InChI=1S/C12H11N5O/c1-7-13-9-10(14-7)16-12(17-11(9)18)15-8-5-3-2-4-6-8/h2-6H,1H3,(H3,13,14,15,16,17,18). The molecule has 0 radical (unpaired) electrons. The molecule has 0 saturated carbocycles. The normalized spacial score (nSPS) is 10.7. The van der Waals surface area contributed by atoms with Crippen LogP contribution >= 0.6 is 0 Å². The average Bonchev–Trinajstić information content (AvgIpc) is 2.72. The molecular weight excluding hydrogens is 230 g/mol. The Labute approximate surface area is 102 Å². The summed E-state index contributed by atoms with van der Waals surface area (Å²) in [4.78, 5) is 25.7. The van der Waals surface area contributed by atoms with Gasteiger partial charge < -0.3 is 10.3 Å². The van der Waals surface area contributed by atoms with Crippen LogP contribution in [0.4, 0.5) is 11.6 Å². The summed E-state index contributed by atoms with van der Waals surface area (Å²) in [6, 6.07) is 9.50. The SMILES string of the molecule is Cc1nc2nc(Nc3ccccc3)[nH]c(=O)c2[nH]1. The summed E-state index contributed by atoms with van der Waals surface area (Å²) >= 11 is 0. The van der Waals surface area contributed by atoms with Gasteiger partial charge in [-0.25, -0.2) is 4.98 Å². The van der Waals surface area contributed by atoms with Gasteiger partial charge in [0.25, 0.3) is 5.56 Å². The maximum atomic E-state index is 11.8. The van der Waals surface area contributed by atoms with Crippen molar-refractivity contribution in [3.63, 3.8) is 0 Å². The van der Waals surface area contributed by atoms with Gasteiger partial charge in [0.1, 0.15) is 5.82 Å². The Kier molecular flexibility index (Phi) is 2.33. The van der Waals surface area contributed by atoms with Gasteiger partial charge in [0.05, 0.1) is 0 Å². The highest BCUT2D eigenvalue weighted by Crippen LogP contribution is 2.12. The fourth-order valence-electron chi connectivity index (χ4n) is 1.74. The Morgan fingerprint density at radius 3 is 2.67 bits per heavy atom. The van der Waals surface area contributed by atoms with E-state index in [2.05, 4.69) is 25.3 Å². The van der Waals surface area contributed by atoms with Crippen LogP contribution in [0.3, 0.4) is 0 Å². The zero-order valence-corrected chi connectivity index (χ0v) is 9.69. The van der Waals surface area contributed by atoms with Crippen molar-refractivity contribution in [3.8, 4) is 0 Å². The van der Waals surface area contributed by atoms with Crippen molar-refractivity contribution in [2.24, 2.45) is 0 Å². The van der Waals surface area contributed by atoms with E-state index in [4.69, 9.17) is 0 Å². The van der Waals surface area contributed by atoms with Crippen molar-refractivity contribution in [3.05, 3.63) is 46.5 Å². The van der Waals surface area contributed by atoms with Gasteiger partial charge in [-0.3, -0.25) is 9.78 Å². The Bertz CT molecular complexity index is 744. The number of benzene rings is 1. The number of rotatable bonds is 2. The molecule has 2 aromatic heterocycles. The van der Waals surface area contributed by atoms with Gasteiger partial charge in [-0.15, -0.1) is 0 Å². The van der Waals surface area contributed by atoms with Gasteiger partial charge in [0.15, 0.2) is 11.2 Å². The number of hydrogen-bond donors (Lipinski definition) is 3. The summed E-state index contributed by atoms with van der Waals surface area (Å²) in [5, 5.41) is 3.03. The second-order valence-corrected chi connectivity index (χ2v) is 3.93. The van der Waals surface area contributed by atoms with E-state index in [0.717, 1.165) is 5.69 Å². The van der Waals surface area contributed by atoms with Crippen LogP contribution in [0, 0.1) is 6.92 Å². The van der Waals surface area contributed by atoms with Crippen LogP contribution < -0.4 is 10.9 Å². The lowest BCUT2D eigenvalue weighted by atomic mass is 10.3. The molecule has 0 aliphatic heterocycles. The highest BCUT2D eigenvalue weighted by Gasteiger charge is 2.07. The minimum Gasteiger partial charge on any atom is -0.336 e. The second kappa shape index (κ2) is 3.99. The number of imidazole rings is 1. The molecule has 1 aromatic carbocycles. The van der Waals surface area contributed by atoms with Gasteiger partial charge in [0.2, 0.25) is 5.95 Å². The van der Waals surface area contributed by atoms with Crippen molar-refractivity contribution in [2.75, 3.05) is 5.32 Å². The Morgan fingerprint density at radius 2 is 1.89 bits per heavy atom. The molecule has 3 N–H and O–H groups in total. The molecule has 0 amide bonds. The molecule has 18 heavy (non-hydrogen) atoms. The fourth-order valence-corrected chi connectivity index (χ4v) is 1.74. The van der Waals surface area contributed by atoms with E-state index in [1.165, 1.54) is 0 Å². The third-order valence-electron chi connectivity index (χ3n) is 2.52. The van der Waals surface area contributed by atoms with E-state index < -0.39 is 0 Å². The highest BCUT2D eigenvalue weighted by molar-refractivity contribution is 5.71. The molecule has 90 valence electrons. The molecule has 0 bridgehead atoms. The van der Waals surface area contributed by atoms with Crippen LogP contribution in [0.5, 0.6) is 0 Å². The summed E-state index contributed by atoms with van der Waals surface area (Å²) in [5.74, 6) is 1.05. The number of nitrogens with zero attached hydrogens (tertiary/aromatic N) is 2. The molecule has 0 saturated heterocycles. The van der Waals surface area contributed by atoms with E-state index in [-0.39, 0.29) is 5.56 Å². The quantitative estimate of drug-likeness (QED) is 0.637. The number of aryl methyl sites for hydroxylation is 1. The molecule has 3 aromatic rings. The molecule has 6 heteroatoms. The van der Waals surface area contributed by atoms with Crippen LogP contribution in [0.1, 0.15) is 5.82 Å². The highest BCUT2D eigenvalue weighted by atomic mass is 16.1. The van der Waals surface area contributed by atoms with Crippen molar-refractivity contribution in [2.45, 2.75) is 6.92 Å². The molecule has 0 atom stereocenters. The number of anilines is 2. The molecule has 3 rings (SSSR count). The Balaban J connectivity index is 2.05. The molecule has 0 aliphatic carbocycles. The molecule has 6 nitrogen and oxygen atoms in total. The van der Waals surface area contributed by atoms with Crippen LogP contribution in [-0.2, 0) is 0 Å². The molecule has 0 aliphatic rings. The van der Waals surface area contributed by atoms with Crippen LogP contribution in [0.2, 0.25) is 0 Å². The number of hydrogen-bond acceptors (Lipinski definition) is 4. The lowest BCUT2D eigenvalue weighted by molar-refractivity contribution is 1.15. The average molecular weight is 241 g/mol. The monoisotopic (exact) mass is 241 g/mol. The topological polar surface area (TPSA) is 86.5 Å². The van der Waals surface area contributed by atoms with E-state index >= 15 is 0 Å². The van der Waals surface area contributed by atoms with Crippen molar-refractivity contribution >= 4 is 22.8 Å². The first kappa shape index (κ1) is 10.5. The molecular formula is C12H11N5O. The molecule has 2 heterocycles. The predicted molar refractivity (Wildman–Crippen MR) is 69.0 cm³/mol. The summed E-state index contributed by atoms with van der Waals surface area (Å²) < 4.78 is 0. The number of fused-ring (bicyclic) bond motifs is 1. The maximum Gasteiger partial charge on any atom is 0.278 e. The fraction of sp³-hybridized carbons (Fsp3) is 0.0833. The first-order valence-corrected chi connectivity index (χ1v) is 5.51. The summed E-state index contributed by atoms with van der Waals surface area (Å²) in [5.41, 5.74) is 1.42. The third kappa shape index (κ3) is 1.84. The lowest BCUT2D eigenvalue weighted by Crippen LogP contribution is -2.11. The summed E-state index contributed by atoms with van der Waals surface area (Å²) in [7, 11) is 0. The lowest BCUT2D eigenvalue weighted by Gasteiger charge is -2.03. The second-order valence-electron chi connectivity index (χ2n) is 3.93. The van der Waals surface area contributed by atoms with E-state index in [1.54, 1.807) is 6.92 Å². The van der Waals surface area contributed by atoms with Crippen LogP contribution in [0.25, 0.3) is 11.2 Å². The van der Waals surface area contributed by atoms with Crippen LogP contribution in [0.15, 0.2) is 35.1 Å². The molecule has 0 unspecified atom stereocenters. The zero-order chi connectivity index (χ0) is 12.5. The first-order chi connectivity index (χ1) is 8.72. The Morgan fingerprint density at radius 1 is 1.11 bits per heavy atom.